The number of benzene rings is 1. The van der Waals surface area contributed by atoms with Gasteiger partial charge in [0.2, 0.25) is 0 Å². The van der Waals surface area contributed by atoms with Crippen LogP contribution in [0.25, 0.3) is 0 Å². The van der Waals surface area contributed by atoms with Crippen molar-refractivity contribution in [2.24, 2.45) is 4.99 Å². The fourth-order valence-corrected chi connectivity index (χ4v) is 2.92. The molecule has 1 fully saturated rings. The molecule has 1 aromatic rings. The Bertz CT molecular complexity index is 594. The SMILES string of the molecule is CN=C(NCCOc1ccc(F)c(F)c1)N1CCC(OCCCOC)CC1. The van der Waals surface area contributed by atoms with Gasteiger partial charge in [-0.1, -0.05) is 0 Å². The third kappa shape index (κ3) is 7.30. The van der Waals surface area contributed by atoms with Crippen molar-refractivity contribution in [1.82, 2.24) is 10.2 Å². The Balaban J connectivity index is 1.65. The van der Waals surface area contributed by atoms with Gasteiger partial charge in [-0.25, -0.2) is 8.78 Å². The van der Waals surface area contributed by atoms with Crippen LogP contribution in [0.1, 0.15) is 19.3 Å². The quantitative estimate of drug-likeness (QED) is 0.402. The van der Waals surface area contributed by atoms with Crippen LogP contribution >= 0.6 is 0 Å². The molecule has 1 aliphatic rings. The van der Waals surface area contributed by atoms with E-state index >= 15 is 0 Å². The van der Waals surface area contributed by atoms with Crippen molar-refractivity contribution in [1.29, 1.82) is 0 Å². The van der Waals surface area contributed by atoms with Crippen LogP contribution in [0.15, 0.2) is 23.2 Å². The van der Waals surface area contributed by atoms with Gasteiger partial charge in [0.15, 0.2) is 17.6 Å². The number of nitrogens with zero attached hydrogens (tertiary/aromatic N) is 2. The third-order valence-electron chi connectivity index (χ3n) is 4.34. The number of piperidine rings is 1. The Kier molecular flexibility index (Phi) is 9.27. The van der Waals surface area contributed by atoms with Gasteiger partial charge in [0.05, 0.1) is 12.6 Å². The molecule has 1 heterocycles. The highest BCUT2D eigenvalue weighted by atomic mass is 19.2. The molecular weight excluding hydrogens is 356 g/mol. The Morgan fingerprint density at radius 2 is 1.96 bits per heavy atom. The smallest absolute Gasteiger partial charge is 0.193 e. The number of hydrogen-bond acceptors (Lipinski definition) is 4. The zero-order chi connectivity index (χ0) is 19.5. The largest absolute Gasteiger partial charge is 0.492 e. The van der Waals surface area contributed by atoms with Gasteiger partial charge in [0.25, 0.3) is 0 Å². The molecule has 1 aromatic carbocycles. The van der Waals surface area contributed by atoms with Gasteiger partial charge < -0.3 is 24.4 Å². The number of rotatable bonds is 9. The second-order valence-corrected chi connectivity index (χ2v) is 6.30. The van der Waals surface area contributed by atoms with E-state index in [4.69, 9.17) is 14.2 Å². The van der Waals surface area contributed by atoms with Gasteiger partial charge in [0, 0.05) is 46.5 Å². The van der Waals surface area contributed by atoms with Crippen LogP contribution in [-0.4, -0.2) is 70.6 Å². The first-order valence-corrected chi connectivity index (χ1v) is 9.28. The molecule has 27 heavy (non-hydrogen) atoms. The molecule has 0 atom stereocenters. The highest BCUT2D eigenvalue weighted by Gasteiger charge is 2.21. The zero-order valence-corrected chi connectivity index (χ0v) is 16.0. The lowest BCUT2D eigenvalue weighted by Crippen LogP contribution is -2.47. The molecule has 152 valence electrons. The molecule has 0 radical (unpaired) electrons. The average Bonchev–Trinajstić information content (AvgIpc) is 2.69. The number of aliphatic imine (C=N–C) groups is 1. The number of likely N-dealkylation sites (tertiary alicyclic amines) is 1. The molecular formula is C19H29F2N3O3. The van der Waals surface area contributed by atoms with Gasteiger partial charge in [-0.2, -0.15) is 0 Å². The lowest BCUT2D eigenvalue weighted by Gasteiger charge is -2.34. The first kappa shape index (κ1) is 21.4. The van der Waals surface area contributed by atoms with Crippen molar-refractivity contribution in [3.63, 3.8) is 0 Å². The molecule has 0 spiro atoms. The van der Waals surface area contributed by atoms with Crippen molar-refractivity contribution in [2.75, 3.05) is 53.6 Å². The fourth-order valence-electron chi connectivity index (χ4n) is 2.92. The summed E-state index contributed by atoms with van der Waals surface area (Å²) in [6.07, 6.45) is 3.11. The van der Waals surface area contributed by atoms with E-state index in [1.54, 1.807) is 14.2 Å². The van der Waals surface area contributed by atoms with Gasteiger partial charge in [0.1, 0.15) is 12.4 Å². The maximum Gasteiger partial charge on any atom is 0.193 e. The number of ether oxygens (including phenoxy) is 3. The van der Waals surface area contributed by atoms with E-state index in [0.29, 0.717) is 18.9 Å². The summed E-state index contributed by atoms with van der Waals surface area (Å²) in [6, 6.07) is 3.50. The predicted octanol–water partition coefficient (Wildman–Crippen LogP) is 2.44. The second-order valence-electron chi connectivity index (χ2n) is 6.30. The van der Waals surface area contributed by atoms with Gasteiger partial charge >= 0.3 is 0 Å². The maximum atomic E-state index is 13.1. The zero-order valence-electron chi connectivity index (χ0n) is 16.0. The number of nitrogens with one attached hydrogen (secondary N) is 1. The summed E-state index contributed by atoms with van der Waals surface area (Å²) in [5, 5.41) is 3.24. The first-order chi connectivity index (χ1) is 13.1. The maximum absolute atomic E-state index is 13.1. The minimum atomic E-state index is -0.913. The number of guanidine groups is 1. The summed E-state index contributed by atoms with van der Waals surface area (Å²) >= 11 is 0. The Morgan fingerprint density at radius 3 is 2.63 bits per heavy atom. The van der Waals surface area contributed by atoms with Gasteiger partial charge in [-0.3, -0.25) is 4.99 Å². The monoisotopic (exact) mass is 385 g/mol. The minimum absolute atomic E-state index is 0.285. The molecule has 0 unspecified atom stereocenters. The third-order valence-corrected chi connectivity index (χ3v) is 4.34. The van der Waals surface area contributed by atoms with Crippen LogP contribution in [0, 0.1) is 11.6 Å². The number of hydrogen-bond donors (Lipinski definition) is 1. The van der Waals surface area contributed by atoms with Crippen LogP contribution in [0.3, 0.4) is 0 Å². The van der Waals surface area contributed by atoms with Crippen LogP contribution < -0.4 is 10.1 Å². The van der Waals surface area contributed by atoms with Crippen LogP contribution in [0.2, 0.25) is 0 Å². The number of halogens is 2. The predicted molar refractivity (Wildman–Crippen MR) is 100 cm³/mol. The molecule has 0 bridgehead atoms. The Labute approximate surface area is 159 Å². The summed E-state index contributed by atoms with van der Waals surface area (Å²) in [6.45, 7) is 4.04. The topological polar surface area (TPSA) is 55.3 Å². The standard InChI is InChI=1S/C19H29F2N3O3/c1-22-19(23-8-13-27-16-4-5-17(20)18(21)14-16)24-9-6-15(7-10-24)26-12-3-11-25-2/h4-5,14-15H,3,6-13H2,1-2H3,(H,22,23). The Hall–Kier alpha value is -1.93. The van der Waals surface area contributed by atoms with Gasteiger partial charge in [-0.15, -0.1) is 0 Å². The highest BCUT2D eigenvalue weighted by Crippen LogP contribution is 2.16. The van der Waals surface area contributed by atoms with E-state index in [-0.39, 0.29) is 6.10 Å². The molecule has 1 N–H and O–H groups in total. The lowest BCUT2D eigenvalue weighted by atomic mass is 10.1. The fraction of sp³-hybridized carbons (Fsp3) is 0.632. The second kappa shape index (κ2) is 11.7. The Morgan fingerprint density at radius 1 is 1.19 bits per heavy atom. The van der Waals surface area contributed by atoms with Crippen LogP contribution in [0.4, 0.5) is 8.78 Å². The van der Waals surface area contributed by atoms with Crippen LogP contribution in [-0.2, 0) is 9.47 Å². The van der Waals surface area contributed by atoms with E-state index in [1.165, 1.54) is 6.07 Å². The van der Waals surface area contributed by atoms with E-state index in [0.717, 1.165) is 63.7 Å². The van der Waals surface area contributed by atoms with E-state index in [9.17, 15) is 8.78 Å². The van der Waals surface area contributed by atoms with Crippen molar-refractivity contribution in [3.8, 4) is 5.75 Å². The summed E-state index contributed by atoms with van der Waals surface area (Å²) in [5.74, 6) is -0.686. The summed E-state index contributed by atoms with van der Waals surface area (Å²) in [4.78, 5) is 6.49. The molecule has 0 aromatic heterocycles. The molecule has 6 nitrogen and oxygen atoms in total. The molecule has 1 saturated heterocycles. The van der Waals surface area contributed by atoms with E-state index in [1.807, 2.05) is 0 Å². The van der Waals surface area contributed by atoms with Gasteiger partial charge in [-0.05, 0) is 31.4 Å². The summed E-state index contributed by atoms with van der Waals surface area (Å²) < 4.78 is 42.4. The van der Waals surface area contributed by atoms with Crippen molar-refractivity contribution >= 4 is 5.96 Å². The van der Waals surface area contributed by atoms with Crippen molar-refractivity contribution in [2.45, 2.75) is 25.4 Å². The van der Waals surface area contributed by atoms with Crippen molar-refractivity contribution < 1.29 is 23.0 Å². The molecule has 8 heteroatoms. The molecule has 2 rings (SSSR count). The molecule has 1 aliphatic heterocycles. The van der Waals surface area contributed by atoms with E-state index in [2.05, 4.69) is 15.2 Å². The highest BCUT2D eigenvalue weighted by molar-refractivity contribution is 5.79. The normalized spacial score (nSPS) is 15.9. The van der Waals surface area contributed by atoms with Crippen molar-refractivity contribution in [3.05, 3.63) is 29.8 Å². The summed E-state index contributed by atoms with van der Waals surface area (Å²) in [5.41, 5.74) is 0. The molecule has 0 aliphatic carbocycles. The molecule has 0 saturated carbocycles. The number of methoxy groups -OCH3 is 1. The lowest BCUT2D eigenvalue weighted by molar-refractivity contribution is 0.00989. The van der Waals surface area contributed by atoms with Crippen LogP contribution in [0.5, 0.6) is 5.75 Å². The van der Waals surface area contributed by atoms with E-state index < -0.39 is 11.6 Å². The average molecular weight is 385 g/mol. The minimum Gasteiger partial charge on any atom is -0.492 e. The molecule has 0 amide bonds. The first-order valence-electron chi connectivity index (χ1n) is 9.28. The summed E-state index contributed by atoms with van der Waals surface area (Å²) in [7, 11) is 3.44.